The summed E-state index contributed by atoms with van der Waals surface area (Å²) in [5.41, 5.74) is 21.7. The van der Waals surface area contributed by atoms with Crippen molar-refractivity contribution in [2.24, 2.45) is 46.3 Å². The average molecular weight is 1900 g/mol. The number of hydrogen-bond acceptors (Lipinski definition) is 10. The van der Waals surface area contributed by atoms with Gasteiger partial charge in [0.1, 0.15) is 47.8 Å². The number of halogens is 3. The molecule has 12 aromatic rings. The fraction of sp³-hybridized carbons (Fsp3) is 0.464. The lowest BCUT2D eigenvalue weighted by atomic mass is 9.51. The monoisotopic (exact) mass is 1900 g/mol. The molecule has 13 atom stereocenters. The van der Waals surface area contributed by atoms with Gasteiger partial charge in [0, 0.05) is 86.0 Å². The Kier molecular flexibility index (Phi) is 33.3. The van der Waals surface area contributed by atoms with Gasteiger partial charge in [-0.15, -0.1) is 11.3 Å². The van der Waals surface area contributed by atoms with E-state index in [0.29, 0.717) is 66.0 Å². The number of alkyl halides is 1. The number of aryl methyl sites for hydroxylation is 4. The first-order valence-corrected chi connectivity index (χ1v) is 52.8. The summed E-state index contributed by atoms with van der Waals surface area (Å²) < 4.78 is 64.6. The van der Waals surface area contributed by atoms with Gasteiger partial charge in [-0.05, 0) is 384 Å². The number of aromatic nitrogens is 1. The number of nitrogens with zero attached hydrogens (tertiary/aromatic N) is 3. The fourth-order valence-electron chi connectivity index (χ4n) is 24.6. The van der Waals surface area contributed by atoms with E-state index in [1.807, 2.05) is 111 Å². The first-order chi connectivity index (χ1) is 66.4. The molecule has 0 radical (unpaired) electrons. The maximum absolute atomic E-state index is 15.4. The van der Waals surface area contributed by atoms with Crippen molar-refractivity contribution in [2.45, 2.75) is 281 Å². The van der Waals surface area contributed by atoms with Gasteiger partial charge < -0.3 is 39.2 Å². The minimum atomic E-state index is -1.50. The third kappa shape index (κ3) is 23.2. The molecule has 139 heavy (non-hydrogen) atoms. The van der Waals surface area contributed by atoms with Crippen LogP contribution in [0.1, 0.15) is 293 Å². The highest BCUT2D eigenvalue weighted by Crippen LogP contribution is 2.65. The van der Waals surface area contributed by atoms with E-state index < -0.39 is 23.3 Å². The zero-order chi connectivity index (χ0) is 99.2. The highest BCUT2D eigenvalue weighted by molar-refractivity contribution is 7.22. The molecule has 4 saturated carbocycles. The number of H-pyrrole nitrogens is 1. The number of hydrogen-bond donors (Lipinski definition) is 3. The maximum Gasteiger partial charge on any atom is 0.195 e. The molecule has 3 N–H and O–H groups in total. The van der Waals surface area contributed by atoms with Crippen molar-refractivity contribution in [3.05, 3.63) is 325 Å². The normalized spacial score (nSPS) is 23.2. The number of nitrogens with one attached hydrogen (secondary N) is 1. The maximum atomic E-state index is 15.4. The van der Waals surface area contributed by atoms with Crippen LogP contribution in [0.25, 0.3) is 42.6 Å². The number of likely N-dealkylation sites (N-methyl/N-ethyl adjacent to an activating group) is 2. The van der Waals surface area contributed by atoms with Crippen LogP contribution < -0.4 is 9.47 Å². The second-order valence-corrected chi connectivity index (χ2v) is 45.2. The number of aromatic hydroxyl groups is 1. The third-order valence-electron chi connectivity index (χ3n) is 32.6. The van der Waals surface area contributed by atoms with Gasteiger partial charge in [0.05, 0.1) is 24.4 Å². The summed E-state index contributed by atoms with van der Waals surface area (Å²) in [6.45, 7) is 43.5. The van der Waals surface area contributed by atoms with Crippen molar-refractivity contribution in [3.63, 3.8) is 0 Å². The number of phenols is 1. The number of para-hydroxylation sites is 1. The third-order valence-corrected chi connectivity index (χ3v) is 33.8. The average Bonchev–Trinajstić information content (AvgIpc) is 1.64. The number of fused-ring (bicyclic) bond motifs is 14. The second kappa shape index (κ2) is 44.7. The molecule has 3 unspecified atom stereocenters. The summed E-state index contributed by atoms with van der Waals surface area (Å²) in [6, 6.07) is 76.0. The number of thiophene rings is 1. The van der Waals surface area contributed by atoms with E-state index in [2.05, 4.69) is 240 Å². The van der Waals surface area contributed by atoms with E-state index in [-0.39, 0.29) is 47.1 Å². The molecular formula is C125H155F3N4O6S. The summed E-state index contributed by atoms with van der Waals surface area (Å²) in [6.07, 6.45) is 16.5. The molecule has 0 bridgehead atoms. The number of aliphatic hydroxyl groups is 1. The Morgan fingerprint density at radius 1 is 0.590 bits per heavy atom. The minimum absolute atomic E-state index is 0.0111. The molecule has 6 aliphatic carbocycles. The summed E-state index contributed by atoms with van der Waals surface area (Å²) in [5.74, 6) is 7.01. The molecule has 10 aromatic carbocycles. The smallest absolute Gasteiger partial charge is 0.195 e. The Bertz CT molecular complexity index is 6150. The van der Waals surface area contributed by atoms with Crippen molar-refractivity contribution >= 4 is 49.3 Å². The van der Waals surface area contributed by atoms with Crippen LogP contribution in [0, 0.1) is 78.7 Å². The molecular weight excluding hydrogens is 1740 g/mol. The van der Waals surface area contributed by atoms with Crippen LogP contribution in [0.15, 0.2) is 224 Å². The predicted octanol–water partition coefficient (Wildman–Crippen LogP) is 30.7. The summed E-state index contributed by atoms with van der Waals surface area (Å²) in [5, 5.41) is 22.5. The molecule has 0 saturated heterocycles. The Hall–Kier alpha value is -9.90. The van der Waals surface area contributed by atoms with Crippen LogP contribution in [-0.2, 0) is 24.0 Å². The molecule has 1 aliphatic heterocycles. The zero-order valence-corrected chi connectivity index (χ0v) is 87.6. The number of aliphatic hydroxyl groups excluding tert-OH is 1. The molecule has 0 spiro atoms. The quantitative estimate of drug-likeness (QED) is 0.0402. The van der Waals surface area contributed by atoms with Crippen molar-refractivity contribution in [1.82, 2.24) is 19.7 Å². The number of ketones is 1. The molecule has 0 amide bonds. The van der Waals surface area contributed by atoms with Crippen molar-refractivity contribution in [3.8, 4) is 27.7 Å². The number of ether oxygens (including phenoxy) is 3. The number of carbonyl (C=O) groups is 1. The topological polar surface area (TPSA) is 111 Å². The van der Waals surface area contributed by atoms with E-state index >= 15 is 8.78 Å². The molecule has 19 rings (SSSR count). The molecule has 2 aromatic heterocycles. The van der Waals surface area contributed by atoms with Crippen molar-refractivity contribution in [2.75, 3.05) is 46.9 Å². The van der Waals surface area contributed by atoms with E-state index in [9.17, 15) is 19.4 Å². The highest BCUT2D eigenvalue weighted by atomic mass is 32.1. The van der Waals surface area contributed by atoms with Gasteiger partial charge in [-0.2, -0.15) is 0 Å². The Morgan fingerprint density at radius 2 is 1.14 bits per heavy atom. The number of aromatic amines is 1. The summed E-state index contributed by atoms with van der Waals surface area (Å²) >= 11 is 1.53. The lowest BCUT2D eigenvalue weighted by Crippen LogP contribution is -2.48. The van der Waals surface area contributed by atoms with E-state index in [1.165, 1.54) is 146 Å². The van der Waals surface area contributed by atoms with E-state index in [4.69, 9.17) is 14.2 Å². The highest BCUT2D eigenvalue weighted by Gasteiger charge is 2.58. The standard InChI is InChI=1S/C28H29NO3S.C28H33NO.C25H29F3N2.2C22H32O/c1-18(2)29(4)15-16-32-23-12-9-20(10-13-23)27(31)26-24-14-11-22(30)17-25(24)33-28(26)21-7-5-19(3)6-8-21;1-5-27(23-12-8-6-9-13-23)28(24-14-10-7-11-15-24)25-16-18-26(19-17-25)30-21-20-29(4)22(2)3;1-14(2)16-11-19(26)22(20(27)12-16)24-23-18(17-8-6-7-9-21(17)29-23)10-15(3)30(24)13-25(4,5)28;1-14(2)23-21-10-9-20-19-8-6-16-13-15(3)5-7-17(16)18(19)11-12-22(20,21)4;1-13(2)18-12-15-11-14(3)5-6-16(15)17-9-10-22(4)19(21(17)18)7-8-20(22)23/h5-14,17-18,30H,15-16H2,1-4H3;6-19,22H,5,20-21H2,1-4H3;6-9,11-12,14-15,24,29H,10,13H2,1-5H3;5,7,13-14,18-21H,6,8-12H2,1-4H3;5-6,11,13,17-21,23H,7-10,12H2,1-4H3/b;28-27-;;;/t;;15-,24-;18?,19-,20+,21+,22+;17?,18?,19-,20-,21-,22-/m..110/s1. The van der Waals surface area contributed by atoms with Gasteiger partial charge in [-0.1, -0.05) is 217 Å². The largest absolute Gasteiger partial charge is 0.508 e. The number of phenolic OH excluding ortho intramolecular Hbond substituents is 1. The van der Waals surface area contributed by atoms with Gasteiger partial charge in [-0.25, -0.2) is 13.2 Å². The molecule has 10 nitrogen and oxygen atoms in total. The lowest BCUT2D eigenvalue weighted by molar-refractivity contribution is -0.0860. The van der Waals surface area contributed by atoms with Crippen LogP contribution in [-0.4, -0.2) is 125 Å². The zero-order valence-electron chi connectivity index (χ0n) is 86.7. The molecule has 3 heterocycles. The Balaban J connectivity index is 0.000000132. The first kappa shape index (κ1) is 103. The molecule has 738 valence electrons. The number of allylic oxidation sites excluding steroid dienone is 1. The molecule has 14 heteroatoms. The fourth-order valence-corrected chi connectivity index (χ4v) is 25.8. The lowest BCUT2D eigenvalue weighted by Gasteiger charge is -2.54. The number of rotatable bonds is 24. The van der Waals surface area contributed by atoms with E-state index in [0.717, 1.165) is 127 Å². The van der Waals surface area contributed by atoms with Crippen LogP contribution in [0.2, 0.25) is 0 Å². The Morgan fingerprint density at radius 3 is 1.73 bits per heavy atom. The number of carbonyl (C=O) groups excluding carboxylic acids is 1. The van der Waals surface area contributed by atoms with Gasteiger partial charge >= 0.3 is 0 Å². The SMILES string of the molecule is CC(C)c1cc(F)c([C@@H]2c3[nH]c4ccccc4c3C[C@@H](C)N2CC(C)(C)F)c(F)c1.CC/C(=C(\c1ccccc1)c1ccc(OCCN(C)C(C)C)cc1)c1ccccc1.Cc1ccc(-c2sc3cc(O)ccc3c2C(=O)c2ccc(OCCN(C)C(C)C)cc2)cc1.Cc1ccc2c(c1)CC(C(C)C)[C@@H]1C2CC[C@]2(C)[C@@H](O)CC[C@@H]12.Cc1ccc2c(c1)CC[C@@H]1C2CC[C@]2(C)[C@@H](OC(C)C)CC[C@@H]12. The summed E-state index contributed by atoms with van der Waals surface area (Å²) in [7, 11) is 4.20. The minimum Gasteiger partial charge on any atom is -0.508 e. The van der Waals surface area contributed by atoms with E-state index in [1.54, 1.807) is 34.4 Å². The van der Waals surface area contributed by atoms with Gasteiger partial charge in [0.2, 0.25) is 0 Å². The van der Waals surface area contributed by atoms with Crippen molar-refractivity contribution in [1.29, 1.82) is 0 Å². The van der Waals surface area contributed by atoms with Crippen LogP contribution in [0.3, 0.4) is 0 Å². The summed E-state index contributed by atoms with van der Waals surface area (Å²) in [4.78, 5) is 24.4. The molecule has 4 fully saturated rings. The van der Waals surface area contributed by atoms with Crippen LogP contribution in [0.5, 0.6) is 17.2 Å². The van der Waals surface area contributed by atoms with Gasteiger partial charge in [0.25, 0.3) is 0 Å². The first-order valence-electron chi connectivity index (χ1n) is 52.0. The van der Waals surface area contributed by atoms with Crippen LogP contribution >= 0.6 is 11.3 Å². The molecule has 7 aliphatic rings. The van der Waals surface area contributed by atoms with Crippen molar-refractivity contribution < 1.29 is 42.4 Å². The van der Waals surface area contributed by atoms with Crippen LogP contribution in [0.4, 0.5) is 13.2 Å². The van der Waals surface area contributed by atoms with Gasteiger partial charge in [-0.3, -0.25) is 9.69 Å². The predicted molar refractivity (Wildman–Crippen MR) is 573 cm³/mol. The number of benzene rings is 10. The Labute approximate surface area is 833 Å². The van der Waals surface area contributed by atoms with Gasteiger partial charge in [0.15, 0.2) is 5.78 Å². The second-order valence-electron chi connectivity index (χ2n) is 44.1.